The molecule has 0 aliphatic heterocycles. The van der Waals surface area contributed by atoms with Crippen LogP contribution in [0.1, 0.15) is 12.5 Å². The van der Waals surface area contributed by atoms with E-state index in [-0.39, 0.29) is 0 Å². The van der Waals surface area contributed by atoms with Crippen LogP contribution in [0.25, 0.3) is 6.08 Å². The van der Waals surface area contributed by atoms with Crippen molar-refractivity contribution in [3.05, 3.63) is 65.6 Å². The van der Waals surface area contributed by atoms with Crippen molar-refractivity contribution in [3.8, 4) is 0 Å². The summed E-state index contributed by atoms with van der Waals surface area (Å²) in [4.78, 5) is 11.1. The number of carbonyl (C=O) groups excluding carboxylic acids is 1. The molecular formula is C16H18O4. The largest absolute Gasteiger partial charge is 0.513 e. The van der Waals surface area contributed by atoms with E-state index in [1.807, 2.05) is 55.5 Å². The molecule has 4 nitrogen and oxygen atoms in total. The predicted octanol–water partition coefficient (Wildman–Crippen LogP) is 3.92. The number of benzene rings is 1. The van der Waals surface area contributed by atoms with E-state index >= 15 is 0 Å². The molecule has 0 saturated carbocycles. The molecule has 106 valence electrons. The second-order valence-corrected chi connectivity index (χ2v) is 3.89. The molecule has 0 aliphatic carbocycles. The van der Waals surface area contributed by atoms with Crippen molar-refractivity contribution in [1.29, 1.82) is 0 Å². The van der Waals surface area contributed by atoms with Gasteiger partial charge in [0, 0.05) is 0 Å². The Morgan fingerprint density at radius 1 is 1.15 bits per heavy atom. The van der Waals surface area contributed by atoms with E-state index in [1.165, 1.54) is 20.5 Å². The highest BCUT2D eigenvalue weighted by Gasteiger charge is 2.08. The minimum Gasteiger partial charge on any atom is -0.500 e. The molecule has 0 fully saturated rings. The smallest absolute Gasteiger partial charge is 0.500 e. The Labute approximate surface area is 119 Å². The van der Waals surface area contributed by atoms with Crippen LogP contribution in [0.4, 0.5) is 4.79 Å². The van der Waals surface area contributed by atoms with Gasteiger partial charge in [-0.2, -0.15) is 0 Å². The third kappa shape index (κ3) is 5.44. The molecule has 0 radical (unpaired) electrons. The number of methoxy groups -OCH3 is 2. The standard InChI is InChI=1S/C16H18O4/c1-13(15(12-18-2)20-16(17)19-3)8-7-11-14-9-5-4-6-10-14/h4-12H,1-3H3/b11-7+,13-8+,15-12+. The molecule has 0 aliphatic rings. The molecule has 0 N–H and O–H groups in total. The van der Waals surface area contributed by atoms with Crippen LogP contribution >= 0.6 is 0 Å². The summed E-state index contributed by atoms with van der Waals surface area (Å²) in [5.74, 6) is 0.303. The first-order valence-electron chi connectivity index (χ1n) is 6.06. The summed E-state index contributed by atoms with van der Waals surface area (Å²) in [6.45, 7) is 1.81. The van der Waals surface area contributed by atoms with E-state index < -0.39 is 6.16 Å². The summed E-state index contributed by atoms with van der Waals surface area (Å²) in [5, 5.41) is 0. The van der Waals surface area contributed by atoms with Crippen LogP contribution in [0, 0.1) is 0 Å². The highest BCUT2D eigenvalue weighted by Crippen LogP contribution is 2.13. The van der Waals surface area contributed by atoms with Crippen molar-refractivity contribution in [2.24, 2.45) is 0 Å². The Kier molecular flexibility index (Phi) is 6.68. The quantitative estimate of drug-likeness (QED) is 0.464. The molecule has 0 unspecified atom stereocenters. The monoisotopic (exact) mass is 274 g/mol. The van der Waals surface area contributed by atoms with Crippen LogP contribution in [0.3, 0.4) is 0 Å². The summed E-state index contributed by atoms with van der Waals surface area (Å²) >= 11 is 0. The lowest BCUT2D eigenvalue weighted by molar-refractivity contribution is 0.0960. The zero-order valence-electron chi connectivity index (χ0n) is 11.8. The Balaban J connectivity index is 2.76. The molecule has 0 aromatic heterocycles. The summed E-state index contributed by atoms with van der Waals surface area (Å²) in [6.07, 6.45) is 6.20. The Morgan fingerprint density at radius 3 is 2.45 bits per heavy atom. The minimum atomic E-state index is -0.784. The van der Waals surface area contributed by atoms with Crippen LogP contribution in [-0.4, -0.2) is 20.4 Å². The van der Waals surface area contributed by atoms with Crippen LogP contribution in [0.5, 0.6) is 0 Å². The van der Waals surface area contributed by atoms with Gasteiger partial charge >= 0.3 is 6.16 Å². The van der Waals surface area contributed by atoms with E-state index in [1.54, 1.807) is 0 Å². The Hall–Kier alpha value is -2.49. The van der Waals surface area contributed by atoms with E-state index in [9.17, 15) is 4.79 Å². The second kappa shape index (κ2) is 8.58. The topological polar surface area (TPSA) is 44.8 Å². The van der Waals surface area contributed by atoms with Crippen molar-refractivity contribution in [2.45, 2.75) is 6.92 Å². The molecule has 1 rings (SSSR count). The van der Waals surface area contributed by atoms with Gasteiger partial charge in [0.05, 0.1) is 14.2 Å². The average molecular weight is 274 g/mol. The number of rotatable bonds is 5. The van der Waals surface area contributed by atoms with Crippen molar-refractivity contribution >= 4 is 12.2 Å². The Morgan fingerprint density at radius 2 is 1.85 bits per heavy atom. The normalized spacial score (nSPS) is 12.3. The average Bonchev–Trinajstić information content (AvgIpc) is 2.47. The Bertz CT molecular complexity index is 513. The maximum Gasteiger partial charge on any atom is 0.513 e. The van der Waals surface area contributed by atoms with Gasteiger partial charge in [0.2, 0.25) is 0 Å². The predicted molar refractivity (Wildman–Crippen MR) is 77.8 cm³/mol. The molecule has 20 heavy (non-hydrogen) atoms. The van der Waals surface area contributed by atoms with Crippen LogP contribution in [0.2, 0.25) is 0 Å². The van der Waals surface area contributed by atoms with Crippen LogP contribution < -0.4 is 0 Å². The van der Waals surface area contributed by atoms with Crippen LogP contribution in [0.15, 0.2) is 60.1 Å². The zero-order valence-corrected chi connectivity index (χ0v) is 11.8. The fourth-order valence-corrected chi connectivity index (χ4v) is 1.39. The van der Waals surface area contributed by atoms with Gasteiger partial charge in [-0.25, -0.2) is 4.79 Å². The lowest BCUT2D eigenvalue weighted by atomic mass is 10.2. The molecule has 1 aromatic carbocycles. The van der Waals surface area contributed by atoms with Gasteiger partial charge in [0.1, 0.15) is 6.26 Å². The summed E-state index contributed by atoms with van der Waals surface area (Å²) in [6, 6.07) is 9.88. The molecular weight excluding hydrogens is 256 g/mol. The van der Waals surface area contributed by atoms with Gasteiger partial charge in [-0.3, -0.25) is 0 Å². The fraction of sp³-hybridized carbons (Fsp3) is 0.188. The number of hydrogen-bond donors (Lipinski definition) is 0. The molecule has 0 spiro atoms. The van der Waals surface area contributed by atoms with Gasteiger partial charge in [-0.05, 0) is 18.1 Å². The molecule has 0 saturated heterocycles. The van der Waals surface area contributed by atoms with Crippen molar-refractivity contribution in [2.75, 3.05) is 14.2 Å². The molecule has 4 heteroatoms. The molecule has 0 bridgehead atoms. The van der Waals surface area contributed by atoms with Gasteiger partial charge in [-0.1, -0.05) is 48.6 Å². The molecule has 0 heterocycles. The molecule has 1 aromatic rings. The minimum absolute atomic E-state index is 0.303. The maximum absolute atomic E-state index is 11.1. The zero-order chi connectivity index (χ0) is 14.8. The first-order valence-corrected chi connectivity index (χ1v) is 6.06. The van der Waals surface area contributed by atoms with Crippen molar-refractivity contribution < 1.29 is 19.0 Å². The summed E-state index contributed by atoms with van der Waals surface area (Å²) in [7, 11) is 2.73. The first-order chi connectivity index (χ1) is 9.67. The molecule has 0 atom stereocenters. The lowest BCUT2D eigenvalue weighted by Gasteiger charge is -2.06. The number of allylic oxidation sites excluding steroid dienone is 3. The second-order valence-electron chi connectivity index (χ2n) is 3.89. The number of hydrogen-bond acceptors (Lipinski definition) is 4. The van der Waals surface area contributed by atoms with Gasteiger partial charge < -0.3 is 14.2 Å². The number of ether oxygens (including phenoxy) is 3. The molecule has 0 amide bonds. The third-order valence-corrected chi connectivity index (χ3v) is 2.41. The maximum atomic E-state index is 11.1. The number of carbonyl (C=O) groups is 1. The first kappa shape index (κ1) is 15.6. The van der Waals surface area contributed by atoms with Gasteiger partial charge in [0.25, 0.3) is 0 Å². The summed E-state index contributed by atoms with van der Waals surface area (Å²) < 4.78 is 14.3. The lowest BCUT2D eigenvalue weighted by Crippen LogP contribution is -2.05. The third-order valence-electron chi connectivity index (χ3n) is 2.41. The van der Waals surface area contributed by atoms with E-state index in [0.717, 1.165) is 11.1 Å². The van der Waals surface area contributed by atoms with Gasteiger partial charge in [-0.15, -0.1) is 0 Å². The van der Waals surface area contributed by atoms with Crippen LogP contribution in [-0.2, 0) is 14.2 Å². The fourth-order valence-electron chi connectivity index (χ4n) is 1.39. The van der Waals surface area contributed by atoms with Gasteiger partial charge in [0.15, 0.2) is 5.76 Å². The highest BCUT2D eigenvalue weighted by molar-refractivity contribution is 5.62. The SMILES string of the molecule is CO\C=C(OC(=O)OC)/C(C)=C/C=C/c1ccccc1. The van der Waals surface area contributed by atoms with Crippen molar-refractivity contribution in [3.63, 3.8) is 0 Å². The van der Waals surface area contributed by atoms with E-state index in [2.05, 4.69) is 4.74 Å². The summed E-state index contributed by atoms with van der Waals surface area (Å²) in [5.41, 5.74) is 1.83. The van der Waals surface area contributed by atoms with Crippen molar-refractivity contribution in [1.82, 2.24) is 0 Å². The van der Waals surface area contributed by atoms with E-state index in [0.29, 0.717) is 5.76 Å². The van der Waals surface area contributed by atoms with E-state index in [4.69, 9.17) is 9.47 Å². The highest BCUT2D eigenvalue weighted by atomic mass is 16.7.